The minimum atomic E-state index is -4.82. The van der Waals surface area contributed by atoms with Crippen LogP contribution in [0.4, 0.5) is 0 Å². The highest BCUT2D eigenvalue weighted by atomic mass is 127. The quantitative estimate of drug-likeness (QED) is 0.0656. The van der Waals surface area contributed by atoms with E-state index in [-0.39, 0.29) is 24.0 Å². The number of carbonyl (C=O) groups is 1. The summed E-state index contributed by atoms with van der Waals surface area (Å²) in [4.78, 5) is 9.66. The van der Waals surface area contributed by atoms with Crippen molar-refractivity contribution >= 4 is 43.4 Å². The molecule has 216 valence electrons. The third-order valence-electron chi connectivity index (χ3n) is 6.42. The molecule has 3 heterocycles. The Kier molecular flexibility index (Phi) is 9.94. The predicted octanol–water partition coefficient (Wildman–Crippen LogP) is 0.571. The predicted molar refractivity (Wildman–Crippen MR) is 147 cm³/mol. The summed E-state index contributed by atoms with van der Waals surface area (Å²) in [7, 11) is 2.25. The van der Waals surface area contributed by atoms with E-state index in [0.29, 0.717) is 0 Å². The molecule has 0 bridgehead atoms. The van der Waals surface area contributed by atoms with Gasteiger partial charge < -0.3 is 46.9 Å². The number of carbonyl (C=O) groups excluding carboxylic acids is 1. The van der Waals surface area contributed by atoms with Gasteiger partial charge >= 0.3 is 5.97 Å². The number of benzene rings is 2. The summed E-state index contributed by atoms with van der Waals surface area (Å²) < 4.78 is 52.6. The molecule has 0 aliphatic rings. The summed E-state index contributed by atoms with van der Waals surface area (Å²) in [6.07, 6.45) is 6.22. The van der Waals surface area contributed by atoms with Gasteiger partial charge in [-0.05, 0) is 40.6 Å². The maximum atomic E-state index is 9.66. The molecule has 3 aromatic heterocycles. The van der Waals surface area contributed by atoms with Gasteiger partial charge in [0.2, 0.25) is 5.52 Å². The number of fused-ring (bicyclic) bond motifs is 4. The van der Waals surface area contributed by atoms with E-state index in [4.69, 9.17) is 14.2 Å². The second-order valence-corrected chi connectivity index (χ2v) is 9.95. The molecule has 10 nitrogen and oxygen atoms in total. The molecule has 0 spiro atoms. The van der Waals surface area contributed by atoms with E-state index in [2.05, 4.69) is 58.1 Å². The highest BCUT2D eigenvalue weighted by molar-refractivity contribution is 7.81. The summed E-state index contributed by atoms with van der Waals surface area (Å²) in [6, 6.07) is 17.0. The van der Waals surface area contributed by atoms with Crippen LogP contribution in [0.1, 0.15) is 12.6 Å². The molecule has 0 aliphatic heterocycles. The third kappa shape index (κ3) is 6.94. The second-order valence-electron chi connectivity index (χ2n) is 8.97. The van der Waals surface area contributed by atoms with Gasteiger partial charge in [0.25, 0.3) is 10.4 Å². The number of aromatic nitrogens is 2. The average molecular weight is 693 g/mol. The van der Waals surface area contributed by atoms with Gasteiger partial charge in [-0.25, -0.2) is 13.0 Å². The highest BCUT2D eigenvalue weighted by Crippen LogP contribution is 2.37. The van der Waals surface area contributed by atoms with Crippen LogP contribution in [0.2, 0.25) is 0 Å². The molecule has 41 heavy (non-hydrogen) atoms. The Labute approximate surface area is 255 Å². The molecule has 12 heteroatoms. The Hall–Kier alpha value is -3.75. The number of ether oxygens (including phenoxy) is 3. The Morgan fingerprint density at radius 1 is 0.805 bits per heavy atom. The molecule has 0 unspecified atom stereocenters. The highest BCUT2D eigenvalue weighted by Gasteiger charge is 2.19. The average Bonchev–Trinajstić information content (AvgIpc) is 2.91. The first-order chi connectivity index (χ1) is 18.9. The Balaban J connectivity index is 0.000000453. The molecular weight excluding hydrogens is 663 g/mol. The summed E-state index contributed by atoms with van der Waals surface area (Å²) >= 11 is 0. The smallest absolute Gasteiger partial charge is 0.318 e. The van der Waals surface area contributed by atoms with Crippen LogP contribution < -0.4 is 47.2 Å². The van der Waals surface area contributed by atoms with E-state index in [1.54, 1.807) is 21.3 Å². The Bertz CT molecular complexity index is 1860. The molecule has 0 atom stereocenters. The molecule has 5 rings (SSSR count). The lowest BCUT2D eigenvalue weighted by molar-refractivity contribution is -0.671. The SMILES string of the molecule is CC(=O)OS(=O)(=O)[O-].COc1cc2cc3c4cc(-c5cc[n+](C)cc5)c(OC)cc4cc[n+]3c(C)c2cc1OC.[I-]. The van der Waals surface area contributed by atoms with Gasteiger partial charge in [0.15, 0.2) is 35.8 Å². The van der Waals surface area contributed by atoms with Gasteiger partial charge in [0, 0.05) is 43.7 Å². The molecule has 0 amide bonds. The zero-order valence-corrected chi connectivity index (χ0v) is 26.3. The zero-order valence-electron chi connectivity index (χ0n) is 23.3. The van der Waals surface area contributed by atoms with Crippen LogP contribution in [-0.4, -0.2) is 40.3 Å². The van der Waals surface area contributed by atoms with Gasteiger partial charge in [-0.3, -0.25) is 4.79 Å². The minimum absolute atomic E-state index is 0. The number of aryl methyl sites for hydroxylation is 2. The molecule has 0 N–H and O–H groups in total. The van der Waals surface area contributed by atoms with E-state index in [9.17, 15) is 17.8 Å². The van der Waals surface area contributed by atoms with Crippen molar-refractivity contribution in [2.24, 2.45) is 7.05 Å². The molecule has 5 aromatic rings. The maximum Gasteiger partial charge on any atom is 0.318 e. The summed E-state index contributed by atoms with van der Waals surface area (Å²) in [5, 5.41) is 4.53. The number of methoxy groups -OCH3 is 3. The number of hydrogen-bond donors (Lipinski definition) is 0. The number of hydrogen-bond acceptors (Lipinski definition) is 8. The zero-order chi connectivity index (χ0) is 29.2. The molecule has 0 fully saturated rings. The normalized spacial score (nSPS) is 10.9. The standard InChI is InChI=1S/C27H26N2O3.C2H4O5S.HI/c1-17-21-16-27(32-5)26(31-4)14-20(21)12-24-22-15-23(18-6-9-28(2)10-7-18)25(30-3)13-19(22)8-11-29(17)24;1-2(3)7-8(4,5)6;/h6-16H,1-5H3;1H3,(H,4,5,6);1H/q+2;;/p-2. The largest absolute Gasteiger partial charge is 1.00 e. The van der Waals surface area contributed by atoms with Crippen LogP contribution in [0.25, 0.3) is 38.2 Å². The van der Waals surface area contributed by atoms with Gasteiger partial charge in [0.05, 0.1) is 32.1 Å². The number of pyridine rings is 3. The van der Waals surface area contributed by atoms with E-state index in [1.165, 1.54) is 0 Å². The fourth-order valence-electron chi connectivity index (χ4n) is 4.58. The minimum Gasteiger partial charge on any atom is -1.00 e. The van der Waals surface area contributed by atoms with Crippen LogP contribution >= 0.6 is 0 Å². The molecule has 0 saturated heterocycles. The van der Waals surface area contributed by atoms with Crippen molar-refractivity contribution in [3.8, 4) is 28.4 Å². The summed E-state index contributed by atoms with van der Waals surface area (Å²) in [5.74, 6) is 1.19. The van der Waals surface area contributed by atoms with Crippen molar-refractivity contribution in [2.45, 2.75) is 13.8 Å². The second kappa shape index (κ2) is 12.8. The lowest BCUT2D eigenvalue weighted by Crippen LogP contribution is -3.00. The lowest BCUT2D eigenvalue weighted by Gasteiger charge is -2.12. The lowest BCUT2D eigenvalue weighted by atomic mass is 9.99. The summed E-state index contributed by atoms with van der Waals surface area (Å²) in [5.41, 5.74) is 4.46. The van der Waals surface area contributed by atoms with Gasteiger partial charge in [0.1, 0.15) is 12.8 Å². The van der Waals surface area contributed by atoms with E-state index in [1.807, 2.05) is 36.1 Å². The topological polar surface area (TPSA) is 119 Å². The van der Waals surface area contributed by atoms with Crippen molar-refractivity contribution in [1.82, 2.24) is 0 Å². The molecular formula is C29H29IN2O8S. The van der Waals surface area contributed by atoms with Crippen LogP contribution in [0, 0.1) is 6.92 Å². The van der Waals surface area contributed by atoms with Gasteiger partial charge in [-0.1, -0.05) is 0 Å². The number of halogens is 1. The fourth-order valence-corrected chi connectivity index (χ4v) is 4.87. The maximum absolute atomic E-state index is 9.66. The third-order valence-corrected chi connectivity index (χ3v) is 6.86. The van der Waals surface area contributed by atoms with Crippen LogP contribution in [-0.2, 0) is 26.4 Å². The Morgan fingerprint density at radius 3 is 1.93 bits per heavy atom. The van der Waals surface area contributed by atoms with E-state index < -0.39 is 16.4 Å². The van der Waals surface area contributed by atoms with Gasteiger partial charge in [-0.15, -0.1) is 0 Å². The van der Waals surface area contributed by atoms with E-state index >= 15 is 0 Å². The fraction of sp³-hybridized carbons (Fsp3) is 0.207. The van der Waals surface area contributed by atoms with Gasteiger partial charge in [-0.2, -0.15) is 4.40 Å². The van der Waals surface area contributed by atoms with Crippen LogP contribution in [0.3, 0.4) is 0 Å². The molecule has 0 aliphatic carbocycles. The summed E-state index contributed by atoms with van der Waals surface area (Å²) in [6.45, 7) is 2.96. The molecule has 0 radical (unpaired) electrons. The van der Waals surface area contributed by atoms with Crippen LogP contribution in [0.15, 0.2) is 67.1 Å². The van der Waals surface area contributed by atoms with Crippen molar-refractivity contribution in [3.05, 3.63) is 72.8 Å². The first kappa shape index (κ1) is 31.8. The van der Waals surface area contributed by atoms with Crippen molar-refractivity contribution in [3.63, 3.8) is 0 Å². The number of rotatable bonds is 5. The van der Waals surface area contributed by atoms with E-state index in [0.717, 1.165) is 68.1 Å². The molecule has 0 saturated carbocycles. The number of nitrogens with zero attached hydrogens (tertiary/aromatic N) is 2. The Morgan fingerprint density at radius 2 is 1.39 bits per heavy atom. The monoisotopic (exact) mass is 692 g/mol. The molecule has 2 aromatic carbocycles. The first-order valence-electron chi connectivity index (χ1n) is 12.1. The first-order valence-corrected chi connectivity index (χ1v) is 13.4. The van der Waals surface area contributed by atoms with Crippen molar-refractivity contribution < 1.29 is 69.1 Å². The van der Waals surface area contributed by atoms with Crippen molar-refractivity contribution in [1.29, 1.82) is 0 Å². The van der Waals surface area contributed by atoms with Crippen LogP contribution in [0.5, 0.6) is 17.2 Å². The van der Waals surface area contributed by atoms with Crippen molar-refractivity contribution in [2.75, 3.05) is 21.3 Å².